The molecule has 1 unspecified atom stereocenters. The summed E-state index contributed by atoms with van der Waals surface area (Å²) in [5.74, 6) is -4.35. The number of Topliss-reactive ketones (excluding diaryl/α,β-unsaturated/α-hetero) is 1. The van der Waals surface area contributed by atoms with E-state index in [1.54, 1.807) is 0 Å². The summed E-state index contributed by atoms with van der Waals surface area (Å²) in [6.07, 6.45) is 0.283. The molecule has 1 saturated heterocycles. The van der Waals surface area contributed by atoms with Gasteiger partial charge in [0.25, 0.3) is 0 Å². The van der Waals surface area contributed by atoms with Crippen molar-refractivity contribution in [1.29, 1.82) is 0 Å². The Balaban J connectivity index is 2.42. The molecule has 0 radical (unpaired) electrons. The molecule has 1 aliphatic rings. The predicted octanol–water partition coefficient (Wildman–Crippen LogP) is 1.64. The van der Waals surface area contributed by atoms with Gasteiger partial charge in [0.05, 0.1) is 0 Å². The lowest BCUT2D eigenvalue weighted by Crippen LogP contribution is -2.29. The fourth-order valence-electron chi connectivity index (χ4n) is 1.25. The molecule has 0 saturated carbocycles. The lowest BCUT2D eigenvalue weighted by Gasteiger charge is -2.15. The van der Waals surface area contributed by atoms with E-state index in [2.05, 4.69) is 0 Å². The molecule has 0 aromatic rings. The largest absolute Gasteiger partial charge is 0.381 e. The highest BCUT2D eigenvalue weighted by Crippen LogP contribution is 2.28. The van der Waals surface area contributed by atoms with Crippen molar-refractivity contribution in [3.63, 3.8) is 0 Å². The maximum Gasteiger partial charge on any atom is 0.305 e. The van der Waals surface area contributed by atoms with E-state index in [4.69, 9.17) is 4.74 Å². The fraction of sp³-hybridized carbons (Fsp3) is 0.875. The van der Waals surface area contributed by atoms with Crippen molar-refractivity contribution >= 4 is 5.78 Å². The summed E-state index contributed by atoms with van der Waals surface area (Å²) in [5.41, 5.74) is 0. The van der Waals surface area contributed by atoms with Gasteiger partial charge in [-0.25, -0.2) is 0 Å². The highest BCUT2D eigenvalue weighted by molar-refractivity contribution is 5.82. The summed E-state index contributed by atoms with van der Waals surface area (Å²) < 4.78 is 30.5. The molecular formula is C8H12F2O2. The summed E-state index contributed by atoms with van der Waals surface area (Å²) >= 11 is 0. The Bertz CT molecular complexity index is 174. The van der Waals surface area contributed by atoms with E-state index in [1.165, 1.54) is 0 Å². The van der Waals surface area contributed by atoms with E-state index in [9.17, 15) is 13.6 Å². The highest BCUT2D eigenvalue weighted by atomic mass is 19.3. The van der Waals surface area contributed by atoms with Crippen molar-refractivity contribution in [3.8, 4) is 0 Å². The molecule has 4 heteroatoms. The molecule has 1 heterocycles. The summed E-state index contributed by atoms with van der Waals surface area (Å²) in [4.78, 5) is 10.5. The van der Waals surface area contributed by atoms with E-state index in [0.29, 0.717) is 19.6 Å². The molecule has 70 valence electrons. The van der Waals surface area contributed by atoms with E-state index < -0.39 is 11.7 Å². The van der Waals surface area contributed by atoms with Gasteiger partial charge < -0.3 is 4.74 Å². The van der Waals surface area contributed by atoms with Gasteiger partial charge in [0.15, 0.2) is 5.78 Å². The fourth-order valence-corrected chi connectivity index (χ4v) is 1.25. The average Bonchev–Trinajstić information content (AvgIpc) is 2.38. The SMILES string of the molecule is CC(=O)C(F)(F)CC1CCOC1. The zero-order chi connectivity index (χ0) is 9.19. The number of alkyl halides is 2. The maximum absolute atomic E-state index is 12.8. The van der Waals surface area contributed by atoms with Crippen molar-refractivity contribution in [2.24, 2.45) is 5.92 Å². The van der Waals surface area contributed by atoms with E-state index >= 15 is 0 Å². The third-order valence-electron chi connectivity index (χ3n) is 2.08. The minimum absolute atomic E-state index is 0.149. The number of ether oxygens (including phenoxy) is 1. The van der Waals surface area contributed by atoms with Crippen LogP contribution in [0.25, 0.3) is 0 Å². The van der Waals surface area contributed by atoms with Gasteiger partial charge in [0.2, 0.25) is 0 Å². The number of halogens is 2. The number of carbonyl (C=O) groups excluding carboxylic acids is 1. The molecule has 0 N–H and O–H groups in total. The van der Waals surface area contributed by atoms with Gasteiger partial charge >= 0.3 is 5.92 Å². The Morgan fingerprint density at radius 3 is 2.75 bits per heavy atom. The number of hydrogen-bond acceptors (Lipinski definition) is 2. The quantitative estimate of drug-likeness (QED) is 0.656. The van der Waals surface area contributed by atoms with Crippen LogP contribution in [0.2, 0.25) is 0 Å². The normalized spacial score (nSPS) is 24.4. The van der Waals surface area contributed by atoms with Crippen LogP contribution < -0.4 is 0 Å². The molecule has 1 atom stereocenters. The molecule has 0 aromatic carbocycles. The highest BCUT2D eigenvalue weighted by Gasteiger charge is 2.38. The number of carbonyl (C=O) groups is 1. The molecule has 12 heavy (non-hydrogen) atoms. The number of hydrogen-bond donors (Lipinski definition) is 0. The van der Waals surface area contributed by atoms with Gasteiger partial charge in [-0.1, -0.05) is 0 Å². The summed E-state index contributed by atoms with van der Waals surface area (Å²) in [6, 6.07) is 0. The van der Waals surface area contributed by atoms with E-state index in [-0.39, 0.29) is 12.3 Å². The van der Waals surface area contributed by atoms with Crippen LogP contribution in [-0.2, 0) is 9.53 Å². The van der Waals surface area contributed by atoms with Crippen LogP contribution in [0.4, 0.5) is 8.78 Å². The molecule has 0 aliphatic carbocycles. The van der Waals surface area contributed by atoms with Crippen LogP contribution in [0.15, 0.2) is 0 Å². The topological polar surface area (TPSA) is 26.3 Å². The maximum atomic E-state index is 12.8. The zero-order valence-corrected chi connectivity index (χ0v) is 6.98. The van der Waals surface area contributed by atoms with Crippen LogP contribution in [0.1, 0.15) is 19.8 Å². The molecule has 0 spiro atoms. The third kappa shape index (κ3) is 2.24. The van der Waals surface area contributed by atoms with E-state index in [1.807, 2.05) is 0 Å². The van der Waals surface area contributed by atoms with Crippen LogP contribution in [-0.4, -0.2) is 24.9 Å². The Labute approximate surface area is 69.9 Å². The van der Waals surface area contributed by atoms with Crippen LogP contribution in [0.5, 0.6) is 0 Å². The molecular weight excluding hydrogens is 166 g/mol. The molecule has 0 amide bonds. The van der Waals surface area contributed by atoms with Crippen LogP contribution in [0.3, 0.4) is 0 Å². The average molecular weight is 178 g/mol. The van der Waals surface area contributed by atoms with Crippen molar-refractivity contribution < 1.29 is 18.3 Å². The lowest BCUT2D eigenvalue weighted by molar-refractivity contribution is -0.143. The summed E-state index contributed by atoms with van der Waals surface area (Å²) in [5, 5.41) is 0. The second-order valence-corrected chi connectivity index (χ2v) is 3.19. The Morgan fingerprint density at radius 1 is 1.67 bits per heavy atom. The molecule has 1 rings (SSSR count). The van der Waals surface area contributed by atoms with Crippen molar-refractivity contribution in [1.82, 2.24) is 0 Å². The second kappa shape index (κ2) is 3.47. The third-order valence-corrected chi connectivity index (χ3v) is 2.08. The zero-order valence-electron chi connectivity index (χ0n) is 6.98. The lowest BCUT2D eigenvalue weighted by atomic mass is 9.98. The first-order valence-electron chi connectivity index (χ1n) is 3.99. The second-order valence-electron chi connectivity index (χ2n) is 3.19. The van der Waals surface area contributed by atoms with Crippen LogP contribution in [0, 0.1) is 5.92 Å². The standard InChI is InChI=1S/C8H12F2O2/c1-6(11)8(9,10)4-7-2-3-12-5-7/h7H,2-5H2,1H3. The van der Waals surface area contributed by atoms with Gasteiger partial charge in [-0.3, -0.25) is 4.79 Å². The molecule has 2 nitrogen and oxygen atoms in total. The van der Waals surface area contributed by atoms with Crippen molar-refractivity contribution in [2.45, 2.75) is 25.7 Å². The smallest absolute Gasteiger partial charge is 0.305 e. The first-order chi connectivity index (χ1) is 5.52. The minimum atomic E-state index is -3.15. The summed E-state index contributed by atoms with van der Waals surface area (Å²) in [7, 11) is 0. The van der Waals surface area contributed by atoms with Gasteiger partial charge in [0, 0.05) is 26.6 Å². The predicted molar refractivity (Wildman–Crippen MR) is 39.2 cm³/mol. The van der Waals surface area contributed by atoms with Gasteiger partial charge in [-0.15, -0.1) is 0 Å². The van der Waals surface area contributed by atoms with E-state index in [0.717, 1.165) is 6.92 Å². The van der Waals surface area contributed by atoms with Crippen molar-refractivity contribution in [2.75, 3.05) is 13.2 Å². The van der Waals surface area contributed by atoms with Gasteiger partial charge in [-0.05, 0) is 12.3 Å². The first-order valence-corrected chi connectivity index (χ1v) is 3.99. The number of ketones is 1. The first kappa shape index (κ1) is 9.58. The Hall–Kier alpha value is -0.510. The van der Waals surface area contributed by atoms with Crippen molar-refractivity contribution in [3.05, 3.63) is 0 Å². The molecule has 0 bridgehead atoms. The molecule has 1 aliphatic heterocycles. The number of rotatable bonds is 3. The monoisotopic (exact) mass is 178 g/mol. The van der Waals surface area contributed by atoms with Gasteiger partial charge in [0.1, 0.15) is 0 Å². The Morgan fingerprint density at radius 2 is 2.33 bits per heavy atom. The Kier molecular flexibility index (Phi) is 2.77. The summed E-state index contributed by atoms with van der Waals surface area (Å²) in [6.45, 7) is 1.83. The van der Waals surface area contributed by atoms with Crippen LogP contribution >= 0.6 is 0 Å². The molecule has 0 aromatic heterocycles. The molecule has 1 fully saturated rings. The van der Waals surface area contributed by atoms with Gasteiger partial charge in [-0.2, -0.15) is 8.78 Å². The minimum Gasteiger partial charge on any atom is -0.381 e.